The van der Waals surface area contributed by atoms with E-state index < -0.39 is 0 Å². The highest BCUT2D eigenvalue weighted by molar-refractivity contribution is 5.43. The zero-order chi connectivity index (χ0) is 14.5. The monoisotopic (exact) mass is 275 g/mol. The van der Waals surface area contributed by atoms with Crippen molar-refractivity contribution in [3.05, 3.63) is 23.4 Å². The third-order valence-corrected chi connectivity index (χ3v) is 4.19. The van der Waals surface area contributed by atoms with Crippen LogP contribution in [-0.4, -0.2) is 24.1 Å². The highest BCUT2D eigenvalue weighted by atomic mass is 15.2. The molecule has 1 aliphatic rings. The van der Waals surface area contributed by atoms with Crippen molar-refractivity contribution < 1.29 is 0 Å². The number of nitrogens with zero attached hydrogens (tertiary/aromatic N) is 2. The zero-order valence-electron chi connectivity index (χ0n) is 13.4. The van der Waals surface area contributed by atoms with E-state index in [4.69, 9.17) is 4.98 Å². The van der Waals surface area contributed by atoms with Gasteiger partial charge in [-0.1, -0.05) is 20.3 Å². The molecule has 0 saturated heterocycles. The molecule has 1 heterocycles. The first kappa shape index (κ1) is 15.3. The summed E-state index contributed by atoms with van der Waals surface area (Å²) in [4.78, 5) is 7.12. The fourth-order valence-electron chi connectivity index (χ4n) is 2.48. The second-order valence-corrected chi connectivity index (χ2v) is 6.08. The van der Waals surface area contributed by atoms with E-state index in [1.807, 2.05) is 0 Å². The number of nitrogens with one attached hydrogen (secondary N) is 1. The third kappa shape index (κ3) is 4.20. The van der Waals surface area contributed by atoms with Crippen molar-refractivity contribution >= 4 is 5.82 Å². The van der Waals surface area contributed by atoms with Crippen LogP contribution in [0.5, 0.6) is 0 Å². The summed E-state index contributed by atoms with van der Waals surface area (Å²) >= 11 is 0. The van der Waals surface area contributed by atoms with Crippen LogP contribution in [0, 0.1) is 0 Å². The summed E-state index contributed by atoms with van der Waals surface area (Å²) in [6, 6.07) is 5.80. The van der Waals surface area contributed by atoms with E-state index in [1.54, 1.807) is 0 Å². The maximum Gasteiger partial charge on any atom is 0.129 e. The number of hydrogen-bond donors (Lipinski definition) is 1. The Morgan fingerprint density at radius 3 is 2.70 bits per heavy atom. The summed E-state index contributed by atoms with van der Waals surface area (Å²) in [7, 11) is 2.17. The smallest absolute Gasteiger partial charge is 0.129 e. The molecule has 1 aromatic rings. The highest BCUT2D eigenvalue weighted by Gasteiger charge is 2.20. The zero-order valence-corrected chi connectivity index (χ0v) is 13.4. The Kier molecular flexibility index (Phi) is 5.41. The molecular weight excluding hydrogens is 246 g/mol. The Hall–Kier alpha value is -1.09. The molecule has 0 radical (unpaired) electrons. The van der Waals surface area contributed by atoms with Crippen LogP contribution in [0.3, 0.4) is 0 Å². The lowest BCUT2D eigenvalue weighted by molar-refractivity contribution is 0.609. The van der Waals surface area contributed by atoms with E-state index in [0.717, 1.165) is 24.8 Å². The van der Waals surface area contributed by atoms with Crippen molar-refractivity contribution in [1.82, 2.24) is 10.3 Å². The maximum atomic E-state index is 4.80. The SMILES string of the molecule is CCCC(C)N(C)c1cc(CNC2CC2)cc(CC)n1. The molecule has 1 atom stereocenters. The van der Waals surface area contributed by atoms with Gasteiger partial charge < -0.3 is 10.2 Å². The fourth-order valence-corrected chi connectivity index (χ4v) is 2.48. The lowest BCUT2D eigenvalue weighted by Gasteiger charge is -2.26. The van der Waals surface area contributed by atoms with Crippen LogP contribution in [0.25, 0.3) is 0 Å². The Bertz CT molecular complexity index is 426. The van der Waals surface area contributed by atoms with E-state index in [1.165, 1.54) is 36.9 Å². The quantitative estimate of drug-likeness (QED) is 0.787. The van der Waals surface area contributed by atoms with Gasteiger partial charge in [0.25, 0.3) is 0 Å². The predicted octanol–water partition coefficient (Wildman–Crippen LogP) is 3.52. The summed E-state index contributed by atoms with van der Waals surface area (Å²) in [5.74, 6) is 1.12. The molecule has 1 aliphatic carbocycles. The minimum Gasteiger partial charge on any atom is -0.357 e. The largest absolute Gasteiger partial charge is 0.357 e. The molecule has 0 aliphatic heterocycles. The first-order valence-electron chi connectivity index (χ1n) is 8.10. The average Bonchev–Trinajstić information content (AvgIpc) is 3.28. The van der Waals surface area contributed by atoms with Crippen molar-refractivity contribution in [2.24, 2.45) is 0 Å². The number of anilines is 1. The van der Waals surface area contributed by atoms with Gasteiger partial charge in [0.2, 0.25) is 0 Å². The van der Waals surface area contributed by atoms with Crippen molar-refractivity contribution in [3.8, 4) is 0 Å². The molecule has 0 spiro atoms. The molecule has 0 aromatic carbocycles. The second kappa shape index (κ2) is 7.07. The Balaban J connectivity index is 2.10. The van der Waals surface area contributed by atoms with Gasteiger partial charge in [0.1, 0.15) is 5.82 Å². The first-order valence-corrected chi connectivity index (χ1v) is 8.10. The summed E-state index contributed by atoms with van der Waals surface area (Å²) in [5, 5.41) is 3.60. The predicted molar refractivity (Wildman–Crippen MR) is 86.2 cm³/mol. The van der Waals surface area contributed by atoms with Crippen molar-refractivity contribution in [3.63, 3.8) is 0 Å². The molecule has 0 amide bonds. The third-order valence-electron chi connectivity index (χ3n) is 4.19. The van der Waals surface area contributed by atoms with Gasteiger partial charge in [-0.05, 0) is 50.3 Å². The van der Waals surface area contributed by atoms with Crippen molar-refractivity contribution in [1.29, 1.82) is 0 Å². The van der Waals surface area contributed by atoms with Gasteiger partial charge in [-0.25, -0.2) is 4.98 Å². The van der Waals surface area contributed by atoms with Crippen LogP contribution in [0.2, 0.25) is 0 Å². The average molecular weight is 275 g/mol. The Morgan fingerprint density at radius 1 is 1.35 bits per heavy atom. The molecule has 2 rings (SSSR count). The lowest BCUT2D eigenvalue weighted by atomic mass is 10.1. The van der Waals surface area contributed by atoms with Crippen molar-refractivity contribution in [2.45, 2.75) is 71.5 Å². The van der Waals surface area contributed by atoms with Crippen LogP contribution in [-0.2, 0) is 13.0 Å². The van der Waals surface area contributed by atoms with Gasteiger partial charge in [0, 0.05) is 31.4 Å². The van der Waals surface area contributed by atoms with Gasteiger partial charge in [-0.3, -0.25) is 0 Å². The highest BCUT2D eigenvalue weighted by Crippen LogP contribution is 2.21. The molecule has 1 aromatic heterocycles. The second-order valence-electron chi connectivity index (χ2n) is 6.08. The van der Waals surface area contributed by atoms with Crippen LogP contribution in [0.4, 0.5) is 5.82 Å². The first-order chi connectivity index (χ1) is 9.63. The molecule has 1 N–H and O–H groups in total. The number of hydrogen-bond acceptors (Lipinski definition) is 3. The van der Waals surface area contributed by atoms with Crippen LogP contribution < -0.4 is 10.2 Å². The topological polar surface area (TPSA) is 28.2 Å². The molecule has 1 unspecified atom stereocenters. The molecule has 3 nitrogen and oxygen atoms in total. The summed E-state index contributed by atoms with van der Waals surface area (Å²) in [5.41, 5.74) is 2.57. The van der Waals surface area contributed by atoms with Gasteiger partial charge in [-0.2, -0.15) is 0 Å². The molecule has 0 bridgehead atoms. The maximum absolute atomic E-state index is 4.80. The van der Waals surface area contributed by atoms with E-state index in [0.29, 0.717) is 6.04 Å². The van der Waals surface area contributed by atoms with Crippen LogP contribution in [0.1, 0.15) is 57.7 Å². The summed E-state index contributed by atoms with van der Waals surface area (Å²) < 4.78 is 0. The van der Waals surface area contributed by atoms with Crippen LogP contribution >= 0.6 is 0 Å². The minimum absolute atomic E-state index is 0.545. The number of pyridine rings is 1. The number of rotatable bonds is 8. The molecule has 1 fully saturated rings. The van der Waals surface area contributed by atoms with Gasteiger partial charge in [-0.15, -0.1) is 0 Å². The summed E-state index contributed by atoms with van der Waals surface area (Å²) in [6.07, 6.45) is 6.11. The van der Waals surface area contributed by atoms with Gasteiger partial charge in [0.15, 0.2) is 0 Å². The molecule has 1 saturated carbocycles. The molecular formula is C17H29N3. The van der Waals surface area contributed by atoms with Gasteiger partial charge in [0.05, 0.1) is 0 Å². The number of aromatic nitrogens is 1. The van der Waals surface area contributed by atoms with Crippen LogP contribution in [0.15, 0.2) is 12.1 Å². The van der Waals surface area contributed by atoms with Gasteiger partial charge >= 0.3 is 0 Å². The molecule has 20 heavy (non-hydrogen) atoms. The summed E-state index contributed by atoms with van der Waals surface area (Å²) in [6.45, 7) is 7.68. The van der Waals surface area contributed by atoms with Crippen molar-refractivity contribution in [2.75, 3.05) is 11.9 Å². The lowest BCUT2D eigenvalue weighted by Crippen LogP contribution is -2.29. The molecule has 3 heteroatoms. The van der Waals surface area contributed by atoms with E-state index >= 15 is 0 Å². The Labute approximate surface area is 123 Å². The fraction of sp³-hybridized carbons (Fsp3) is 0.706. The Morgan fingerprint density at radius 2 is 2.10 bits per heavy atom. The molecule has 112 valence electrons. The minimum atomic E-state index is 0.545. The normalized spacial score (nSPS) is 16.2. The van der Waals surface area contributed by atoms with E-state index in [-0.39, 0.29) is 0 Å². The number of aryl methyl sites for hydroxylation is 1. The van der Waals surface area contributed by atoms with E-state index in [9.17, 15) is 0 Å². The standard InChI is InChI=1S/C17H29N3/c1-5-7-13(3)20(4)17-11-14(10-15(6-2)19-17)12-18-16-8-9-16/h10-11,13,16,18H,5-9,12H2,1-4H3. The van der Waals surface area contributed by atoms with E-state index in [2.05, 4.69) is 50.2 Å².